The highest BCUT2D eigenvalue weighted by Crippen LogP contribution is 2.31. The van der Waals surface area contributed by atoms with Gasteiger partial charge in [0.05, 0.1) is 6.04 Å². The topological polar surface area (TPSA) is 19.4 Å². The Balaban J connectivity index is 1.89. The van der Waals surface area contributed by atoms with Crippen molar-refractivity contribution in [2.75, 3.05) is 33.2 Å². The van der Waals surface area contributed by atoms with Crippen molar-refractivity contribution in [1.29, 1.82) is 0 Å². The number of nitrogens with zero attached hydrogens (tertiary/aromatic N) is 3. The summed E-state index contributed by atoms with van der Waals surface area (Å²) in [6.07, 6.45) is 1.91. The fraction of sp³-hybridized carbons (Fsp3) is 0.400. The molecule has 1 saturated heterocycles. The third-order valence-corrected chi connectivity index (χ3v) is 4.54. The van der Waals surface area contributed by atoms with E-state index in [2.05, 4.69) is 57.6 Å². The Hall–Kier alpha value is -1.23. The van der Waals surface area contributed by atoms with Gasteiger partial charge in [-0.05, 0) is 30.2 Å². The highest BCUT2D eigenvalue weighted by molar-refractivity contribution is 7.05. The molecule has 3 rings (SSSR count). The van der Waals surface area contributed by atoms with Crippen molar-refractivity contribution in [3.63, 3.8) is 0 Å². The number of hydrogen-bond donors (Lipinski definition) is 0. The number of piperazine rings is 1. The third-order valence-electron chi connectivity index (χ3n) is 3.75. The minimum atomic E-state index is 0.363. The summed E-state index contributed by atoms with van der Waals surface area (Å²) in [5, 5.41) is 0. The Labute approximate surface area is 118 Å². The van der Waals surface area contributed by atoms with Gasteiger partial charge in [0, 0.05) is 37.3 Å². The molecular weight excluding hydrogens is 254 g/mol. The predicted octanol–water partition coefficient (Wildman–Crippen LogP) is 2.48. The Morgan fingerprint density at radius 3 is 2.42 bits per heavy atom. The first kappa shape index (κ1) is 12.8. The standard InChI is InChI=1S/C15H19N3S/c1-17-9-11-18(12-10-17)15(14-7-8-16-19-14)13-5-3-2-4-6-13/h2-8,15H,9-12H2,1H3/t15-/m0/s1. The fourth-order valence-electron chi connectivity index (χ4n) is 2.64. The maximum Gasteiger partial charge on any atom is 0.0713 e. The van der Waals surface area contributed by atoms with E-state index in [-0.39, 0.29) is 0 Å². The first-order chi connectivity index (χ1) is 9.34. The highest BCUT2D eigenvalue weighted by atomic mass is 32.1. The average Bonchev–Trinajstić information content (AvgIpc) is 2.96. The van der Waals surface area contributed by atoms with Crippen LogP contribution < -0.4 is 0 Å². The molecule has 1 fully saturated rings. The van der Waals surface area contributed by atoms with Gasteiger partial charge in [-0.2, -0.15) is 0 Å². The summed E-state index contributed by atoms with van der Waals surface area (Å²) >= 11 is 1.62. The second-order valence-electron chi connectivity index (χ2n) is 5.07. The van der Waals surface area contributed by atoms with Crippen LogP contribution in [0.15, 0.2) is 42.6 Å². The SMILES string of the molecule is CN1CCN([C@@H](c2ccccc2)c2ccns2)CC1. The molecule has 1 aliphatic heterocycles. The highest BCUT2D eigenvalue weighted by Gasteiger charge is 2.26. The van der Waals surface area contributed by atoms with Crippen molar-refractivity contribution in [3.05, 3.63) is 53.0 Å². The number of hydrogen-bond acceptors (Lipinski definition) is 4. The molecule has 0 spiro atoms. The van der Waals surface area contributed by atoms with E-state index in [1.165, 1.54) is 10.4 Å². The first-order valence-corrected chi connectivity index (χ1v) is 7.50. The van der Waals surface area contributed by atoms with Gasteiger partial charge in [0.2, 0.25) is 0 Å². The van der Waals surface area contributed by atoms with Crippen LogP contribution in [-0.2, 0) is 0 Å². The lowest BCUT2D eigenvalue weighted by atomic mass is 10.0. The summed E-state index contributed by atoms with van der Waals surface area (Å²) in [4.78, 5) is 6.31. The maximum absolute atomic E-state index is 4.28. The second-order valence-corrected chi connectivity index (χ2v) is 5.93. The van der Waals surface area contributed by atoms with Crippen LogP contribution in [-0.4, -0.2) is 47.4 Å². The molecule has 3 nitrogen and oxygen atoms in total. The van der Waals surface area contributed by atoms with E-state index < -0.39 is 0 Å². The van der Waals surface area contributed by atoms with E-state index in [9.17, 15) is 0 Å². The molecule has 2 aromatic rings. The average molecular weight is 273 g/mol. The van der Waals surface area contributed by atoms with Gasteiger partial charge in [-0.3, -0.25) is 4.90 Å². The van der Waals surface area contributed by atoms with E-state index in [1.54, 1.807) is 11.5 Å². The first-order valence-electron chi connectivity index (χ1n) is 6.73. The Bertz CT molecular complexity index is 489. The van der Waals surface area contributed by atoms with E-state index in [0.717, 1.165) is 26.2 Å². The van der Waals surface area contributed by atoms with Gasteiger partial charge in [0.25, 0.3) is 0 Å². The van der Waals surface area contributed by atoms with Gasteiger partial charge in [0.1, 0.15) is 0 Å². The molecule has 1 aliphatic rings. The minimum absolute atomic E-state index is 0.363. The van der Waals surface area contributed by atoms with Gasteiger partial charge in [-0.1, -0.05) is 30.3 Å². The van der Waals surface area contributed by atoms with Gasteiger partial charge < -0.3 is 4.90 Å². The van der Waals surface area contributed by atoms with Crippen LogP contribution in [0, 0.1) is 0 Å². The van der Waals surface area contributed by atoms with Gasteiger partial charge in [0.15, 0.2) is 0 Å². The zero-order valence-electron chi connectivity index (χ0n) is 11.2. The summed E-state index contributed by atoms with van der Waals surface area (Å²) in [5.74, 6) is 0. The quantitative estimate of drug-likeness (QED) is 0.856. The second kappa shape index (κ2) is 5.82. The predicted molar refractivity (Wildman–Crippen MR) is 79.5 cm³/mol. The van der Waals surface area contributed by atoms with Crippen LogP contribution in [0.4, 0.5) is 0 Å². The van der Waals surface area contributed by atoms with Crippen molar-refractivity contribution in [2.45, 2.75) is 6.04 Å². The molecule has 0 unspecified atom stereocenters. The molecule has 0 aliphatic carbocycles. The van der Waals surface area contributed by atoms with Crippen LogP contribution in [0.25, 0.3) is 0 Å². The molecule has 100 valence electrons. The van der Waals surface area contributed by atoms with Crippen LogP contribution >= 0.6 is 11.5 Å². The van der Waals surface area contributed by atoms with Crippen molar-refractivity contribution >= 4 is 11.5 Å². The fourth-order valence-corrected chi connectivity index (χ4v) is 3.39. The lowest BCUT2D eigenvalue weighted by molar-refractivity contribution is 0.128. The monoisotopic (exact) mass is 273 g/mol. The van der Waals surface area contributed by atoms with E-state index in [1.807, 2.05) is 6.20 Å². The molecule has 1 aromatic heterocycles. The molecule has 0 radical (unpaired) electrons. The zero-order valence-corrected chi connectivity index (χ0v) is 12.0. The lowest BCUT2D eigenvalue weighted by Crippen LogP contribution is -2.46. The molecule has 1 aromatic carbocycles. The van der Waals surface area contributed by atoms with Gasteiger partial charge in [-0.15, -0.1) is 0 Å². The van der Waals surface area contributed by atoms with Crippen LogP contribution in [0.1, 0.15) is 16.5 Å². The summed E-state index contributed by atoms with van der Waals surface area (Å²) in [6, 6.07) is 13.3. The van der Waals surface area contributed by atoms with Crippen molar-refractivity contribution in [2.24, 2.45) is 0 Å². The Morgan fingerprint density at radius 2 is 1.79 bits per heavy atom. The van der Waals surface area contributed by atoms with Crippen molar-refractivity contribution in [3.8, 4) is 0 Å². The van der Waals surface area contributed by atoms with Gasteiger partial charge >= 0.3 is 0 Å². The zero-order chi connectivity index (χ0) is 13.1. The van der Waals surface area contributed by atoms with Gasteiger partial charge in [-0.25, -0.2) is 4.37 Å². The summed E-state index contributed by atoms with van der Waals surface area (Å²) < 4.78 is 4.28. The molecule has 19 heavy (non-hydrogen) atoms. The van der Waals surface area contributed by atoms with Crippen LogP contribution in [0.3, 0.4) is 0 Å². The molecule has 2 heterocycles. The van der Waals surface area contributed by atoms with Crippen molar-refractivity contribution in [1.82, 2.24) is 14.2 Å². The number of benzene rings is 1. The summed E-state index contributed by atoms with van der Waals surface area (Å²) in [6.45, 7) is 4.52. The largest absolute Gasteiger partial charge is 0.304 e. The van der Waals surface area contributed by atoms with E-state index >= 15 is 0 Å². The smallest absolute Gasteiger partial charge is 0.0713 e. The van der Waals surface area contributed by atoms with Crippen LogP contribution in [0.2, 0.25) is 0 Å². The molecule has 4 heteroatoms. The lowest BCUT2D eigenvalue weighted by Gasteiger charge is -2.37. The summed E-state index contributed by atoms with van der Waals surface area (Å²) in [7, 11) is 2.20. The van der Waals surface area contributed by atoms with Crippen LogP contribution in [0.5, 0.6) is 0 Å². The van der Waals surface area contributed by atoms with Crippen molar-refractivity contribution < 1.29 is 0 Å². The maximum atomic E-state index is 4.28. The molecule has 0 amide bonds. The normalized spacial score (nSPS) is 19.4. The molecular formula is C15H19N3S. The molecule has 0 saturated carbocycles. The number of aromatic nitrogens is 1. The number of rotatable bonds is 3. The Morgan fingerprint density at radius 1 is 1.05 bits per heavy atom. The molecule has 0 N–H and O–H groups in total. The molecule has 0 bridgehead atoms. The third kappa shape index (κ3) is 2.86. The van der Waals surface area contributed by atoms with E-state index in [0.29, 0.717) is 6.04 Å². The molecule has 1 atom stereocenters. The van der Waals surface area contributed by atoms with E-state index in [4.69, 9.17) is 0 Å². The summed E-state index contributed by atoms with van der Waals surface area (Å²) in [5.41, 5.74) is 1.37. The number of likely N-dealkylation sites (N-methyl/N-ethyl adjacent to an activating group) is 1. The Kier molecular flexibility index (Phi) is 3.92. The minimum Gasteiger partial charge on any atom is -0.304 e.